The predicted octanol–water partition coefficient (Wildman–Crippen LogP) is 2.95. The van der Waals surface area contributed by atoms with Gasteiger partial charge in [0.15, 0.2) is 11.5 Å². The molecule has 0 saturated carbocycles. The summed E-state index contributed by atoms with van der Waals surface area (Å²) in [7, 11) is 0. The Kier molecular flexibility index (Phi) is 4.16. The molecule has 0 aliphatic carbocycles. The van der Waals surface area contributed by atoms with Gasteiger partial charge < -0.3 is 9.57 Å². The van der Waals surface area contributed by atoms with Gasteiger partial charge in [0.25, 0.3) is 0 Å². The molecule has 1 fully saturated rings. The van der Waals surface area contributed by atoms with Crippen LogP contribution in [0.1, 0.15) is 12.5 Å². The monoisotopic (exact) mass is 349 g/mol. The number of carbonyl (C=O) groups excluding carboxylic acids is 1. The third-order valence-corrected chi connectivity index (χ3v) is 3.75. The molecule has 0 amide bonds. The van der Waals surface area contributed by atoms with Gasteiger partial charge in [-0.3, -0.25) is 0 Å². The van der Waals surface area contributed by atoms with Crippen molar-refractivity contribution in [3.8, 4) is 5.75 Å². The Morgan fingerprint density at radius 2 is 1.85 bits per heavy atom. The van der Waals surface area contributed by atoms with E-state index in [0.29, 0.717) is 18.1 Å². The van der Waals surface area contributed by atoms with Gasteiger partial charge in [-0.2, -0.15) is 0 Å². The summed E-state index contributed by atoms with van der Waals surface area (Å²) < 4.78 is 5.43. The Hall–Kier alpha value is -3.52. The molecule has 2 heterocycles. The van der Waals surface area contributed by atoms with Gasteiger partial charge in [-0.05, 0) is 31.2 Å². The molecule has 1 saturated heterocycles. The SMILES string of the molecule is CCOc1ccc(N2NOC(=O)/C2=C2/N=NC(c3ccccc3)=N2)cc1. The molecule has 2 aromatic carbocycles. The lowest BCUT2D eigenvalue weighted by atomic mass is 10.2. The molecule has 2 aromatic rings. The number of carbonyl (C=O) groups is 1. The van der Waals surface area contributed by atoms with Crippen molar-refractivity contribution in [3.63, 3.8) is 0 Å². The summed E-state index contributed by atoms with van der Waals surface area (Å²) in [5, 5.41) is 9.59. The third kappa shape index (κ3) is 2.93. The zero-order valence-electron chi connectivity index (χ0n) is 13.9. The molecule has 8 nitrogen and oxygen atoms in total. The number of hydrazine groups is 1. The van der Waals surface area contributed by atoms with Crippen LogP contribution in [0.3, 0.4) is 0 Å². The largest absolute Gasteiger partial charge is 0.494 e. The fraction of sp³-hybridized carbons (Fsp3) is 0.111. The highest BCUT2D eigenvalue weighted by molar-refractivity contribution is 6.02. The van der Waals surface area contributed by atoms with Crippen molar-refractivity contribution in [3.05, 3.63) is 71.7 Å². The second kappa shape index (κ2) is 6.77. The average molecular weight is 349 g/mol. The minimum absolute atomic E-state index is 0.170. The number of amidine groups is 1. The fourth-order valence-corrected chi connectivity index (χ4v) is 2.55. The zero-order valence-corrected chi connectivity index (χ0v) is 13.9. The predicted molar refractivity (Wildman–Crippen MR) is 94.2 cm³/mol. The second-order valence-electron chi connectivity index (χ2n) is 5.42. The van der Waals surface area contributed by atoms with Crippen molar-refractivity contribution < 1.29 is 14.4 Å². The number of hydrogen-bond acceptors (Lipinski definition) is 8. The summed E-state index contributed by atoms with van der Waals surface area (Å²) in [5.74, 6) is 0.792. The summed E-state index contributed by atoms with van der Waals surface area (Å²) in [6, 6.07) is 16.6. The minimum Gasteiger partial charge on any atom is -0.494 e. The third-order valence-electron chi connectivity index (χ3n) is 3.75. The number of ether oxygens (including phenoxy) is 1. The van der Waals surface area contributed by atoms with Crippen molar-refractivity contribution in [2.45, 2.75) is 6.92 Å². The Morgan fingerprint density at radius 3 is 2.58 bits per heavy atom. The molecular formula is C18H15N5O3. The lowest BCUT2D eigenvalue weighted by Gasteiger charge is -2.15. The number of rotatable bonds is 4. The molecule has 0 unspecified atom stereocenters. The molecular weight excluding hydrogens is 334 g/mol. The number of anilines is 1. The number of hydrogen-bond donors (Lipinski definition) is 1. The van der Waals surface area contributed by atoms with E-state index in [1.807, 2.05) is 37.3 Å². The number of azo groups is 1. The highest BCUT2D eigenvalue weighted by atomic mass is 16.7. The van der Waals surface area contributed by atoms with Gasteiger partial charge in [-0.15, -0.1) is 10.2 Å². The van der Waals surface area contributed by atoms with Crippen molar-refractivity contribution in [2.24, 2.45) is 15.2 Å². The standard InChI is InChI=1S/C18H15N5O3/c1-2-25-14-10-8-13(9-11-14)23-15(18(24)26-22-23)17-19-16(20-21-17)12-6-4-3-5-7-12/h3-11,22H,2H2,1H3/b17-15-. The number of aliphatic imine (C=N–C) groups is 1. The first kappa shape index (κ1) is 16.0. The molecule has 0 spiro atoms. The lowest BCUT2D eigenvalue weighted by Crippen LogP contribution is -2.29. The zero-order chi connectivity index (χ0) is 17.9. The smallest absolute Gasteiger partial charge is 0.380 e. The van der Waals surface area contributed by atoms with Crippen molar-refractivity contribution in [1.29, 1.82) is 0 Å². The first-order valence-corrected chi connectivity index (χ1v) is 8.06. The highest BCUT2D eigenvalue weighted by Gasteiger charge is 2.34. The van der Waals surface area contributed by atoms with Crippen LogP contribution in [0.15, 0.2) is 81.3 Å². The van der Waals surface area contributed by atoms with Crippen LogP contribution < -0.4 is 15.3 Å². The van der Waals surface area contributed by atoms with E-state index in [4.69, 9.17) is 9.57 Å². The quantitative estimate of drug-likeness (QED) is 0.858. The number of nitrogens with one attached hydrogen (secondary N) is 1. The lowest BCUT2D eigenvalue weighted by molar-refractivity contribution is -0.140. The fourth-order valence-electron chi connectivity index (χ4n) is 2.55. The van der Waals surface area contributed by atoms with Crippen LogP contribution in [0.25, 0.3) is 0 Å². The van der Waals surface area contributed by atoms with Crippen molar-refractivity contribution >= 4 is 17.5 Å². The maximum Gasteiger partial charge on any atom is 0.380 e. The molecule has 0 aromatic heterocycles. The maximum atomic E-state index is 12.2. The normalized spacial score (nSPS) is 18.9. The molecule has 4 rings (SSSR count). The first-order chi connectivity index (χ1) is 12.8. The van der Waals surface area contributed by atoms with Gasteiger partial charge in [-0.25, -0.2) is 14.8 Å². The van der Waals surface area contributed by atoms with Crippen LogP contribution in [0.5, 0.6) is 5.75 Å². The molecule has 0 atom stereocenters. The Bertz CT molecular complexity index is 920. The van der Waals surface area contributed by atoms with E-state index < -0.39 is 5.97 Å². The molecule has 26 heavy (non-hydrogen) atoms. The van der Waals surface area contributed by atoms with Crippen LogP contribution in [0.4, 0.5) is 5.69 Å². The summed E-state index contributed by atoms with van der Waals surface area (Å²) in [5.41, 5.74) is 4.24. The Balaban J connectivity index is 1.68. The second-order valence-corrected chi connectivity index (χ2v) is 5.42. The first-order valence-electron chi connectivity index (χ1n) is 8.06. The van der Waals surface area contributed by atoms with Crippen LogP contribution in [0.2, 0.25) is 0 Å². The maximum absolute atomic E-state index is 12.2. The van der Waals surface area contributed by atoms with E-state index in [0.717, 1.165) is 11.3 Å². The summed E-state index contributed by atoms with van der Waals surface area (Å²) in [6.45, 7) is 2.49. The molecule has 1 N–H and O–H groups in total. The van der Waals surface area contributed by atoms with Crippen LogP contribution in [0, 0.1) is 0 Å². The van der Waals surface area contributed by atoms with E-state index in [9.17, 15) is 4.79 Å². The number of benzene rings is 2. The molecule has 0 bridgehead atoms. The van der Waals surface area contributed by atoms with Crippen LogP contribution >= 0.6 is 0 Å². The summed E-state index contributed by atoms with van der Waals surface area (Å²) in [4.78, 5) is 21.5. The Morgan fingerprint density at radius 1 is 1.08 bits per heavy atom. The van der Waals surface area contributed by atoms with Gasteiger partial charge in [0, 0.05) is 5.56 Å². The van der Waals surface area contributed by atoms with E-state index in [-0.39, 0.29) is 11.5 Å². The van der Waals surface area contributed by atoms with Crippen molar-refractivity contribution in [1.82, 2.24) is 5.59 Å². The molecule has 0 radical (unpaired) electrons. The topological polar surface area (TPSA) is 87.9 Å². The van der Waals surface area contributed by atoms with Crippen LogP contribution in [-0.2, 0) is 9.63 Å². The molecule has 2 aliphatic heterocycles. The van der Waals surface area contributed by atoms with Gasteiger partial charge in [0.2, 0.25) is 5.82 Å². The number of nitrogens with zero attached hydrogens (tertiary/aromatic N) is 4. The van der Waals surface area contributed by atoms with E-state index in [2.05, 4.69) is 20.8 Å². The minimum atomic E-state index is -0.578. The van der Waals surface area contributed by atoms with E-state index in [1.54, 1.807) is 24.3 Å². The van der Waals surface area contributed by atoms with Gasteiger partial charge in [0.05, 0.1) is 12.3 Å². The van der Waals surface area contributed by atoms with Crippen LogP contribution in [-0.4, -0.2) is 18.4 Å². The molecule has 8 heteroatoms. The van der Waals surface area contributed by atoms with Gasteiger partial charge in [0.1, 0.15) is 5.75 Å². The average Bonchev–Trinajstić information content (AvgIpc) is 3.30. The summed E-state index contributed by atoms with van der Waals surface area (Å²) >= 11 is 0. The summed E-state index contributed by atoms with van der Waals surface area (Å²) in [6.07, 6.45) is 0. The molecule has 130 valence electrons. The Labute approximate surface area is 149 Å². The molecule has 2 aliphatic rings. The van der Waals surface area contributed by atoms with Gasteiger partial charge in [-0.1, -0.05) is 35.9 Å². The highest BCUT2D eigenvalue weighted by Crippen LogP contribution is 2.29. The van der Waals surface area contributed by atoms with E-state index >= 15 is 0 Å². The van der Waals surface area contributed by atoms with E-state index in [1.165, 1.54) is 5.01 Å². The van der Waals surface area contributed by atoms with Crippen molar-refractivity contribution in [2.75, 3.05) is 11.6 Å². The van der Waals surface area contributed by atoms with Gasteiger partial charge >= 0.3 is 5.97 Å².